The molecule has 0 bridgehead atoms. The summed E-state index contributed by atoms with van der Waals surface area (Å²) in [6.45, 7) is 5.59. The van der Waals surface area contributed by atoms with Gasteiger partial charge in [-0.05, 0) is 51.3 Å². The lowest BCUT2D eigenvalue weighted by molar-refractivity contribution is 0.0497. The maximum absolute atomic E-state index is 12.1. The monoisotopic (exact) mass is 379 g/mol. The van der Waals surface area contributed by atoms with Crippen LogP contribution in [0.4, 0.5) is 4.79 Å². The van der Waals surface area contributed by atoms with Crippen molar-refractivity contribution < 1.29 is 9.53 Å². The van der Waals surface area contributed by atoms with Gasteiger partial charge in [0.05, 0.1) is 17.1 Å². The average molecular weight is 380 g/mol. The molecular weight excluding hydrogens is 358 g/mol. The number of ether oxygens (including phenoxy) is 1. The van der Waals surface area contributed by atoms with Gasteiger partial charge in [0.2, 0.25) is 0 Å². The van der Waals surface area contributed by atoms with Crippen LogP contribution in [0.3, 0.4) is 0 Å². The third-order valence-corrected chi connectivity index (χ3v) is 4.24. The second kappa shape index (κ2) is 6.15. The third kappa shape index (κ3) is 4.47. The lowest BCUT2D eigenvalue weighted by Gasteiger charge is -2.22. The molecule has 3 rings (SSSR count). The number of benzene rings is 1. The summed E-state index contributed by atoms with van der Waals surface area (Å²) in [5.41, 5.74) is 1.35. The van der Waals surface area contributed by atoms with Crippen molar-refractivity contribution in [3.8, 4) is 0 Å². The van der Waals surface area contributed by atoms with E-state index in [1.54, 1.807) is 0 Å². The summed E-state index contributed by atoms with van der Waals surface area (Å²) in [6, 6.07) is 5.77. The van der Waals surface area contributed by atoms with Crippen LogP contribution in [-0.4, -0.2) is 21.7 Å². The molecule has 6 heteroatoms. The molecular formula is C17H22BrN3O2. The van der Waals surface area contributed by atoms with E-state index in [0.29, 0.717) is 5.92 Å². The van der Waals surface area contributed by atoms with Crippen molar-refractivity contribution in [2.75, 3.05) is 0 Å². The largest absolute Gasteiger partial charge is 0.444 e. The van der Waals surface area contributed by atoms with E-state index < -0.39 is 11.7 Å². The lowest BCUT2D eigenvalue weighted by atomic mass is 10.1. The van der Waals surface area contributed by atoms with Gasteiger partial charge in [-0.25, -0.2) is 9.78 Å². The maximum Gasteiger partial charge on any atom is 0.408 e. The van der Waals surface area contributed by atoms with Gasteiger partial charge in [-0.2, -0.15) is 0 Å². The quantitative estimate of drug-likeness (QED) is 0.809. The number of fused-ring (bicyclic) bond motifs is 1. The van der Waals surface area contributed by atoms with Crippen LogP contribution in [0.25, 0.3) is 11.0 Å². The zero-order chi connectivity index (χ0) is 16.6. The molecule has 1 aromatic heterocycles. The molecule has 1 atom stereocenters. The van der Waals surface area contributed by atoms with E-state index in [4.69, 9.17) is 4.74 Å². The summed E-state index contributed by atoms with van der Waals surface area (Å²) in [5.74, 6) is 1.45. The number of H-pyrrole nitrogens is 1. The van der Waals surface area contributed by atoms with Crippen molar-refractivity contribution in [2.24, 2.45) is 5.92 Å². The van der Waals surface area contributed by atoms with Crippen LogP contribution in [-0.2, 0) is 4.74 Å². The smallest absolute Gasteiger partial charge is 0.408 e. The first kappa shape index (κ1) is 16.3. The van der Waals surface area contributed by atoms with E-state index in [1.165, 1.54) is 12.8 Å². The number of carbonyl (C=O) groups excluding carboxylic acids is 1. The average Bonchev–Trinajstić information content (AvgIpc) is 3.13. The Kier molecular flexibility index (Phi) is 4.36. The number of hydrogen-bond donors (Lipinski definition) is 2. The molecule has 1 heterocycles. The highest BCUT2D eigenvalue weighted by Gasteiger charge is 2.30. The molecule has 2 N–H and O–H groups in total. The Balaban J connectivity index is 1.80. The van der Waals surface area contributed by atoms with Crippen LogP contribution in [0, 0.1) is 5.92 Å². The number of aromatic amines is 1. The van der Waals surface area contributed by atoms with Crippen molar-refractivity contribution in [1.82, 2.24) is 15.3 Å². The van der Waals surface area contributed by atoms with Gasteiger partial charge in [0.1, 0.15) is 11.4 Å². The minimum atomic E-state index is -0.507. The molecule has 1 fully saturated rings. The zero-order valence-corrected chi connectivity index (χ0v) is 15.2. The van der Waals surface area contributed by atoms with Gasteiger partial charge >= 0.3 is 6.09 Å². The number of rotatable bonds is 4. The van der Waals surface area contributed by atoms with Gasteiger partial charge < -0.3 is 15.0 Å². The van der Waals surface area contributed by atoms with Crippen LogP contribution in [0.1, 0.15) is 51.9 Å². The number of alkyl carbamates (subject to hydrolysis) is 1. The fourth-order valence-electron chi connectivity index (χ4n) is 2.54. The summed E-state index contributed by atoms with van der Waals surface area (Å²) in [7, 11) is 0. The fourth-order valence-corrected chi connectivity index (χ4v) is 2.90. The molecule has 0 radical (unpaired) electrons. The Labute approximate surface area is 144 Å². The van der Waals surface area contributed by atoms with E-state index >= 15 is 0 Å². The standard InChI is InChI=1S/C17H22BrN3O2/c1-17(2,3)23-16(22)21-14(8-10-4-5-10)15-19-12-7-6-11(18)9-13(12)20-15/h6-7,9-10,14H,4-5,8H2,1-3H3,(H,19,20)(H,21,22). The highest BCUT2D eigenvalue weighted by molar-refractivity contribution is 9.10. The van der Waals surface area contributed by atoms with E-state index in [9.17, 15) is 4.79 Å². The normalized spacial score (nSPS) is 16.3. The van der Waals surface area contributed by atoms with E-state index in [2.05, 4.69) is 31.2 Å². The lowest BCUT2D eigenvalue weighted by Crippen LogP contribution is -2.35. The Hall–Kier alpha value is -1.56. The van der Waals surface area contributed by atoms with E-state index in [-0.39, 0.29) is 6.04 Å². The Morgan fingerprint density at radius 2 is 2.22 bits per heavy atom. The van der Waals surface area contributed by atoms with Crippen LogP contribution in [0.5, 0.6) is 0 Å². The Morgan fingerprint density at radius 3 is 2.87 bits per heavy atom. The highest BCUT2D eigenvalue weighted by atomic mass is 79.9. The van der Waals surface area contributed by atoms with Gasteiger partial charge in [0, 0.05) is 4.47 Å². The summed E-state index contributed by atoms with van der Waals surface area (Å²) >= 11 is 3.46. The van der Waals surface area contributed by atoms with Crippen molar-refractivity contribution in [3.05, 3.63) is 28.5 Å². The second-order valence-electron chi connectivity index (χ2n) is 7.16. The van der Waals surface area contributed by atoms with Crippen LogP contribution in [0.15, 0.2) is 22.7 Å². The minimum absolute atomic E-state index is 0.150. The van der Waals surface area contributed by atoms with Crippen molar-refractivity contribution in [2.45, 2.75) is 51.7 Å². The second-order valence-corrected chi connectivity index (χ2v) is 8.08. The van der Waals surface area contributed by atoms with Crippen LogP contribution in [0.2, 0.25) is 0 Å². The van der Waals surface area contributed by atoms with Crippen LogP contribution < -0.4 is 5.32 Å². The van der Waals surface area contributed by atoms with E-state index in [0.717, 1.165) is 27.8 Å². The van der Waals surface area contributed by atoms with E-state index in [1.807, 2.05) is 39.0 Å². The van der Waals surface area contributed by atoms with Crippen LogP contribution >= 0.6 is 15.9 Å². The Morgan fingerprint density at radius 1 is 1.48 bits per heavy atom. The molecule has 2 aromatic rings. The first-order valence-electron chi connectivity index (χ1n) is 7.95. The number of carbonyl (C=O) groups is 1. The van der Waals surface area contributed by atoms with Crippen molar-refractivity contribution in [3.63, 3.8) is 0 Å². The summed E-state index contributed by atoms with van der Waals surface area (Å²) < 4.78 is 6.38. The molecule has 0 aliphatic heterocycles. The molecule has 0 saturated heterocycles. The molecule has 1 aromatic carbocycles. The minimum Gasteiger partial charge on any atom is -0.444 e. The number of hydrogen-bond acceptors (Lipinski definition) is 3. The number of halogens is 1. The number of nitrogens with one attached hydrogen (secondary N) is 2. The first-order chi connectivity index (χ1) is 10.8. The molecule has 23 heavy (non-hydrogen) atoms. The number of amides is 1. The predicted molar refractivity (Wildman–Crippen MR) is 93.2 cm³/mol. The summed E-state index contributed by atoms with van der Waals surface area (Å²) in [6.07, 6.45) is 2.93. The molecule has 5 nitrogen and oxygen atoms in total. The fraction of sp³-hybridized carbons (Fsp3) is 0.529. The maximum atomic E-state index is 12.1. The number of aromatic nitrogens is 2. The molecule has 1 unspecified atom stereocenters. The molecule has 1 aliphatic carbocycles. The highest BCUT2D eigenvalue weighted by Crippen LogP contribution is 2.37. The first-order valence-corrected chi connectivity index (χ1v) is 8.74. The molecule has 1 amide bonds. The van der Waals surface area contributed by atoms with Gasteiger partial charge in [0.25, 0.3) is 0 Å². The summed E-state index contributed by atoms with van der Waals surface area (Å²) in [4.78, 5) is 20.1. The SMILES string of the molecule is CC(C)(C)OC(=O)NC(CC1CC1)c1nc2ccc(Br)cc2[nH]1. The summed E-state index contributed by atoms with van der Waals surface area (Å²) in [5, 5.41) is 2.97. The number of imidazole rings is 1. The Bertz CT molecular complexity index is 716. The predicted octanol–water partition coefficient (Wildman–Crippen LogP) is 4.69. The van der Waals surface area contributed by atoms with Gasteiger partial charge in [0.15, 0.2) is 0 Å². The zero-order valence-electron chi connectivity index (χ0n) is 13.6. The van der Waals surface area contributed by atoms with Gasteiger partial charge in [-0.3, -0.25) is 0 Å². The molecule has 1 saturated carbocycles. The number of nitrogens with zero attached hydrogens (tertiary/aromatic N) is 1. The molecule has 124 valence electrons. The van der Waals surface area contributed by atoms with Gasteiger partial charge in [-0.1, -0.05) is 28.8 Å². The molecule has 0 spiro atoms. The van der Waals surface area contributed by atoms with Crippen molar-refractivity contribution in [1.29, 1.82) is 0 Å². The topological polar surface area (TPSA) is 67.0 Å². The van der Waals surface area contributed by atoms with Gasteiger partial charge in [-0.15, -0.1) is 0 Å². The van der Waals surface area contributed by atoms with Crippen molar-refractivity contribution >= 4 is 33.1 Å². The molecule has 1 aliphatic rings. The third-order valence-electron chi connectivity index (χ3n) is 3.75.